The predicted octanol–water partition coefficient (Wildman–Crippen LogP) is 4.07. The Hall–Kier alpha value is -3.71. The molecule has 1 fully saturated rings. The number of piperidine rings is 1. The molecule has 0 amide bonds. The van der Waals surface area contributed by atoms with Crippen molar-refractivity contribution < 1.29 is 0 Å². The molecule has 0 radical (unpaired) electrons. The summed E-state index contributed by atoms with van der Waals surface area (Å²) in [5, 5.41) is 1.05. The third-order valence-electron chi connectivity index (χ3n) is 6.80. The second-order valence-corrected chi connectivity index (χ2v) is 9.02. The maximum Gasteiger partial charge on any atom is 0.334 e. The van der Waals surface area contributed by atoms with Crippen LogP contribution in [-0.4, -0.2) is 49.1 Å². The lowest BCUT2D eigenvalue weighted by atomic mass is 9.97. The van der Waals surface area contributed by atoms with Crippen molar-refractivity contribution in [3.05, 3.63) is 77.6 Å². The zero-order valence-electron chi connectivity index (χ0n) is 18.6. The Kier molecular flexibility index (Phi) is 4.84. The van der Waals surface area contributed by atoms with Crippen LogP contribution < -0.4 is 5.69 Å². The van der Waals surface area contributed by atoms with Crippen molar-refractivity contribution in [2.45, 2.75) is 19.4 Å². The summed E-state index contributed by atoms with van der Waals surface area (Å²) in [5.74, 6) is 0.482. The SMILES string of the molecule is CN1CCC(Cn2c(=O)n(-c3ccccc3)c3ncc(-c4cnc5[nH]ccc5c4)cc32)CC1. The molecule has 1 N–H and O–H groups in total. The molecule has 1 aromatic carbocycles. The van der Waals surface area contributed by atoms with E-state index in [9.17, 15) is 4.79 Å². The van der Waals surface area contributed by atoms with E-state index in [1.165, 1.54) is 0 Å². The smallest absolute Gasteiger partial charge is 0.334 e. The molecule has 0 bridgehead atoms. The Labute approximate surface area is 191 Å². The quantitative estimate of drug-likeness (QED) is 0.459. The van der Waals surface area contributed by atoms with E-state index in [0.717, 1.165) is 59.3 Å². The number of benzene rings is 1. The van der Waals surface area contributed by atoms with Crippen LogP contribution in [-0.2, 0) is 6.54 Å². The third kappa shape index (κ3) is 3.54. The van der Waals surface area contributed by atoms with Crippen LogP contribution in [0.3, 0.4) is 0 Å². The van der Waals surface area contributed by atoms with E-state index in [2.05, 4.69) is 34.0 Å². The Morgan fingerprint density at radius 1 is 1.00 bits per heavy atom. The number of H-pyrrole nitrogens is 1. The summed E-state index contributed by atoms with van der Waals surface area (Å²) in [6, 6.07) is 16.0. The molecule has 5 heterocycles. The molecule has 6 rings (SSSR count). The topological polar surface area (TPSA) is 71.7 Å². The molecule has 0 spiro atoms. The van der Waals surface area contributed by atoms with Gasteiger partial charge in [0.05, 0.1) is 11.2 Å². The van der Waals surface area contributed by atoms with Gasteiger partial charge < -0.3 is 9.88 Å². The first-order chi connectivity index (χ1) is 16.2. The summed E-state index contributed by atoms with van der Waals surface area (Å²) in [6.45, 7) is 2.86. The van der Waals surface area contributed by atoms with Gasteiger partial charge in [-0.05, 0) is 69.2 Å². The fraction of sp³-hybridized carbons (Fsp3) is 0.269. The Morgan fingerprint density at radius 3 is 2.58 bits per heavy atom. The molecule has 5 aromatic rings. The number of para-hydroxylation sites is 1. The van der Waals surface area contributed by atoms with Gasteiger partial charge in [-0.1, -0.05) is 18.2 Å². The maximum atomic E-state index is 13.7. The van der Waals surface area contributed by atoms with Gasteiger partial charge in [0, 0.05) is 41.6 Å². The second kappa shape index (κ2) is 8.01. The number of nitrogens with zero attached hydrogens (tertiary/aromatic N) is 5. The number of fused-ring (bicyclic) bond motifs is 2. The highest BCUT2D eigenvalue weighted by molar-refractivity contribution is 5.84. The highest BCUT2D eigenvalue weighted by atomic mass is 16.1. The van der Waals surface area contributed by atoms with E-state index in [4.69, 9.17) is 4.98 Å². The van der Waals surface area contributed by atoms with Gasteiger partial charge in [-0.3, -0.25) is 4.57 Å². The van der Waals surface area contributed by atoms with Gasteiger partial charge in [-0.15, -0.1) is 0 Å². The summed E-state index contributed by atoms with van der Waals surface area (Å²) < 4.78 is 3.67. The number of nitrogens with one attached hydrogen (secondary N) is 1. The van der Waals surface area contributed by atoms with Crippen LogP contribution in [0.25, 0.3) is 39.0 Å². The van der Waals surface area contributed by atoms with Gasteiger partial charge in [0.15, 0.2) is 5.65 Å². The van der Waals surface area contributed by atoms with Crippen molar-refractivity contribution in [3.63, 3.8) is 0 Å². The van der Waals surface area contributed by atoms with Crippen LogP contribution in [0.5, 0.6) is 0 Å². The molecule has 7 heteroatoms. The number of hydrogen-bond donors (Lipinski definition) is 1. The molecule has 0 atom stereocenters. The number of likely N-dealkylation sites (tertiary alicyclic amines) is 1. The zero-order valence-corrected chi connectivity index (χ0v) is 18.6. The van der Waals surface area contributed by atoms with E-state index in [0.29, 0.717) is 18.1 Å². The number of pyridine rings is 2. The molecular formula is C26H26N6O. The summed E-state index contributed by atoms with van der Waals surface area (Å²) in [7, 11) is 2.16. The number of imidazole rings is 1. The molecule has 4 aromatic heterocycles. The summed E-state index contributed by atoms with van der Waals surface area (Å²) in [5.41, 5.74) is 5.18. The summed E-state index contributed by atoms with van der Waals surface area (Å²) in [4.78, 5) is 28.5. The minimum absolute atomic E-state index is 0.0287. The average molecular weight is 439 g/mol. The summed E-state index contributed by atoms with van der Waals surface area (Å²) in [6.07, 6.45) is 7.79. The highest BCUT2D eigenvalue weighted by Gasteiger charge is 2.22. The lowest BCUT2D eigenvalue weighted by Gasteiger charge is -2.29. The van der Waals surface area contributed by atoms with Crippen molar-refractivity contribution in [3.8, 4) is 16.8 Å². The first-order valence-corrected chi connectivity index (χ1v) is 11.5. The Bertz CT molecular complexity index is 1490. The van der Waals surface area contributed by atoms with Gasteiger partial charge in [-0.25, -0.2) is 19.3 Å². The molecule has 1 aliphatic heterocycles. The number of hydrogen-bond acceptors (Lipinski definition) is 4. The van der Waals surface area contributed by atoms with Crippen LogP contribution in [0, 0.1) is 5.92 Å². The van der Waals surface area contributed by atoms with E-state index in [-0.39, 0.29) is 5.69 Å². The first-order valence-electron chi connectivity index (χ1n) is 11.5. The Morgan fingerprint density at radius 2 is 1.76 bits per heavy atom. The molecule has 33 heavy (non-hydrogen) atoms. The van der Waals surface area contributed by atoms with E-state index in [1.54, 1.807) is 4.57 Å². The lowest BCUT2D eigenvalue weighted by molar-refractivity contribution is 0.205. The molecule has 0 unspecified atom stereocenters. The molecular weight excluding hydrogens is 412 g/mol. The highest BCUT2D eigenvalue weighted by Crippen LogP contribution is 2.27. The molecule has 0 aliphatic carbocycles. The van der Waals surface area contributed by atoms with E-state index >= 15 is 0 Å². The second-order valence-electron chi connectivity index (χ2n) is 9.02. The number of aromatic nitrogens is 5. The standard InChI is InChI=1S/C26H26N6O/c1-30-11-8-18(9-12-30)17-31-23-14-21(20-13-19-7-10-27-24(19)28-15-20)16-29-25(23)32(26(31)33)22-5-3-2-4-6-22/h2-7,10,13-16,18H,8-9,11-12,17H2,1H3,(H,27,28). The number of aromatic amines is 1. The van der Waals surface area contributed by atoms with E-state index in [1.807, 2.05) is 59.6 Å². The average Bonchev–Trinajstić information content (AvgIpc) is 3.42. The van der Waals surface area contributed by atoms with Crippen LogP contribution in [0.4, 0.5) is 0 Å². The molecule has 1 aliphatic rings. The summed E-state index contributed by atoms with van der Waals surface area (Å²) >= 11 is 0. The minimum atomic E-state index is -0.0287. The monoisotopic (exact) mass is 438 g/mol. The molecule has 166 valence electrons. The van der Waals surface area contributed by atoms with Crippen molar-refractivity contribution in [2.24, 2.45) is 5.92 Å². The zero-order chi connectivity index (χ0) is 22.4. The van der Waals surface area contributed by atoms with Crippen molar-refractivity contribution in [1.29, 1.82) is 0 Å². The van der Waals surface area contributed by atoms with Crippen LogP contribution >= 0.6 is 0 Å². The Balaban J connectivity index is 1.50. The minimum Gasteiger partial charge on any atom is -0.346 e. The van der Waals surface area contributed by atoms with Gasteiger partial charge in [-0.2, -0.15) is 0 Å². The van der Waals surface area contributed by atoms with Crippen LogP contribution in [0.15, 0.2) is 71.9 Å². The van der Waals surface area contributed by atoms with Crippen molar-refractivity contribution in [1.82, 2.24) is 29.0 Å². The van der Waals surface area contributed by atoms with Gasteiger partial charge in [0.2, 0.25) is 0 Å². The third-order valence-corrected chi connectivity index (χ3v) is 6.80. The largest absolute Gasteiger partial charge is 0.346 e. The number of rotatable bonds is 4. The maximum absolute atomic E-state index is 13.7. The fourth-order valence-electron chi connectivity index (χ4n) is 4.88. The molecule has 7 nitrogen and oxygen atoms in total. The normalized spacial score (nSPS) is 15.5. The fourth-order valence-corrected chi connectivity index (χ4v) is 4.88. The predicted molar refractivity (Wildman–Crippen MR) is 131 cm³/mol. The van der Waals surface area contributed by atoms with Gasteiger partial charge in [0.25, 0.3) is 0 Å². The van der Waals surface area contributed by atoms with Crippen LogP contribution in [0.1, 0.15) is 12.8 Å². The molecule has 1 saturated heterocycles. The van der Waals surface area contributed by atoms with Gasteiger partial charge in [0.1, 0.15) is 5.65 Å². The first kappa shape index (κ1) is 19.9. The van der Waals surface area contributed by atoms with Gasteiger partial charge >= 0.3 is 5.69 Å². The van der Waals surface area contributed by atoms with E-state index < -0.39 is 0 Å². The van der Waals surface area contributed by atoms with Crippen molar-refractivity contribution in [2.75, 3.05) is 20.1 Å². The van der Waals surface area contributed by atoms with Crippen molar-refractivity contribution >= 4 is 22.2 Å². The molecule has 0 saturated carbocycles. The lowest BCUT2D eigenvalue weighted by Crippen LogP contribution is -2.34. The van der Waals surface area contributed by atoms with Crippen LogP contribution in [0.2, 0.25) is 0 Å².